The van der Waals surface area contributed by atoms with Gasteiger partial charge in [-0.3, -0.25) is 9.98 Å². The summed E-state index contributed by atoms with van der Waals surface area (Å²) in [5.74, 6) is 0. The molecular weight excluding hydrogens is 196 g/mol. The summed E-state index contributed by atoms with van der Waals surface area (Å²) in [4.78, 5) is 8.23. The molecule has 0 aromatic carbocycles. The van der Waals surface area contributed by atoms with E-state index in [0.29, 0.717) is 0 Å². The normalized spacial score (nSPS) is 8.62. The second kappa shape index (κ2) is 11.6. The van der Waals surface area contributed by atoms with Gasteiger partial charge in [0, 0.05) is 24.5 Å². The van der Waals surface area contributed by atoms with Gasteiger partial charge in [0.05, 0.1) is 5.69 Å². The molecule has 1 heterocycles. The van der Waals surface area contributed by atoms with Gasteiger partial charge in [-0.2, -0.15) is 0 Å². The fourth-order valence-electron chi connectivity index (χ4n) is 0.999. The van der Waals surface area contributed by atoms with Crippen LogP contribution >= 0.6 is 0 Å². The Morgan fingerprint density at radius 2 is 1.75 bits per heavy atom. The Kier molecular flexibility index (Phi) is 12.3. The number of hydrogen-bond donors (Lipinski definition) is 0. The Morgan fingerprint density at radius 3 is 2.19 bits per heavy atom. The van der Waals surface area contributed by atoms with Crippen LogP contribution in [0.3, 0.4) is 0 Å². The lowest BCUT2D eigenvalue weighted by molar-refractivity contribution is 1.18. The summed E-state index contributed by atoms with van der Waals surface area (Å²) < 4.78 is 0. The Hall–Kier alpha value is -1.44. The van der Waals surface area contributed by atoms with Crippen molar-refractivity contribution in [3.05, 3.63) is 35.7 Å². The van der Waals surface area contributed by atoms with Crippen LogP contribution in [0, 0.1) is 6.92 Å². The zero-order valence-electron chi connectivity index (χ0n) is 11.4. The molecule has 0 fully saturated rings. The van der Waals surface area contributed by atoms with Crippen LogP contribution in [0.1, 0.15) is 44.6 Å². The molecule has 0 spiro atoms. The first-order chi connectivity index (χ1) is 7.77. The fourth-order valence-corrected chi connectivity index (χ4v) is 0.999. The Labute approximate surface area is 100 Å². The molecule has 1 rings (SSSR count). The van der Waals surface area contributed by atoms with E-state index in [2.05, 4.69) is 16.6 Å². The van der Waals surface area contributed by atoms with Crippen molar-refractivity contribution in [1.29, 1.82) is 0 Å². The summed E-state index contributed by atoms with van der Waals surface area (Å²) in [5.41, 5.74) is 2.90. The zero-order chi connectivity index (χ0) is 13.0. The summed E-state index contributed by atoms with van der Waals surface area (Å²) in [6, 6.07) is 3.95. The van der Waals surface area contributed by atoms with Crippen molar-refractivity contribution < 1.29 is 0 Å². The molecule has 0 atom stereocenters. The summed E-state index contributed by atoms with van der Waals surface area (Å²) >= 11 is 0. The molecule has 1 aromatic rings. The van der Waals surface area contributed by atoms with Crippen molar-refractivity contribution in [2.24, 2.45) is 4.99 Å². The van der Waals surface area contributed by atoms with E-state index in [1.54, 1.807) is 19.3 Å². The third-order valence-corrected chi connectivity index (χ3v) is 1.56. The third kappa shape index (κ3) is 6.12. The lowest BCUT2D eigenvalue weighted by atomic mass is 10.2. The number of hydrogen-bond acceptors (Lipinski definition) is 2. The smallest absolute Gasteiger partial charge is 0.0714 e. The quantitative estimate of drug-likeness (QED) is 0.688. The fraction of sp³-hybridized carbons (Fsp3) is 0.429. The average Bonchev–Trinajstić information content (AvgIpc) is 2.36. The molecule has 0 unspecified atom stereocenters. The van der Waals surface area contributed by atoms with E-state index in [1.807, 2.05) is 46.8 Å². The molecule has 2 nitrogen and oxygen atoms in total. The van der Waals surface area contributed by atoms with Gasteiger partial charge < -0.3 is 0 Å². The van der Waals surface area contributed by atoms with E-state index in [4.69, 9.17) is 0 Å². The summed E-state index contributed by atoms with van der Waals surface area (Å²) in [6.07, 6.45) is 3.52. The Morgan fingerprint density at radius 1 is 1.19 bits per heavy atom. The van der Waals surface area contributed by atoms with Crippen LogP contribution in [0.25, 0.3) is 6.08 Å². The van der Waals surface area contributed by atoms with Crippen molar-refractivity contribution in [2.75, 3.05) is 7.05 Å². The maximum absolute atomic E-state index is 4.30. The molecule has 1 aromatic heterocycles. The summed E-state index contributed by atoms with van der Waals surface area (Å²) in [5, 5.41) is 0. The summed E-state index contributed by atoms with van der Waals surface area (Å²) in [6.45, 7) is 13.6. The van der Waals surface area contributed by atoms with Crippen molar-refractivity contribution in [1.82, 2.24) is 4.98 Å². The van der Waals surface area contributed by atoms with E-state index in [-0.39, 0.29) is 0 Å². The van der Waals surface area contributed by atoms with Gasteiger partial charge in [0.15, 0.2) is 0 Å². The van der Waals surface area contributed by atoms with Gasteiger partial charge in [-0.15, -0.1) is 0 Å². The predicted octanol–water partition coefficient (Wildman–Crippen LogP) is 4.13. The molecule has 2 heteroatoms. The van der Waals surface area contributed by atoms with Crippen LogP contribution < -0.4 is 0 Å². The maximum Gasteiger partial charge on any atom is 0.0714 e. The molecule has 0 amide bonds. The molecule has 0 saturated heterocycles. The van der Waals surface area contributed by atoms with Gasteiger partial charge in [0.2, 0.25) is 0 Å². The average molecular weight is 220 g/mol. The largest absolute Gasteiger partial charge is 0.296 e. The third-order valence-electron chi connectivity index (χ3n) is 1.56. The molecule has 0 saturated carbocycles. The minimum Gasteiger partial charge on any atom is -0.296 e. The van der Waals surface area contributed by atoms with Crippen molar-refractivity contribution >= 4 is 12.3 Å². The van der Waals surface area contributed by atoms with Crippen LogP contribution in [0.2, 0.25) is 0 Å². The predicted molar refractivity (Wildman–Crippen MR) is 75.3 cm³/mol. The zero-order valence-corrected chi connectivity index (χ0v) is 11.4. The van der Waals surface area contributed by atoms with Crippen molar-refractivity contribution in [3.8, 4) is 0 Å². The first kappa shape index (κ1) is 17.0. The lowest BCUT2D eigenvalue weighted by Crippen LogP contribution is -1.92. The van der Waals surface area contributed by atoms with Gasteiger partial charge in [0.25, 0.3) is 0 Å². The SMILES string of the molecule is C=Cc1nc(C)ccc1C=NC.CC.CC. The highest BCUT2D eigenvalue weighted by molar-refractivity contribution is 5.84. The first-order valence-electron chi connectivity index (χ1n) is 5.80. The number of aryl methyl sites for hydroxylation is 1. The van der Waals surface area contributed by atoms with E-state index >= 15 is 0 Å². The molecular formula is C14H24N2. The highest BCUT2D eigenvalue weighted by atomic mass is 14.7. The molecule has 90 valence electrons. The number of rotatable bonds is 2. The van der Waals surface area contributed by atoms with E-state index < -0.39 is 0 Å². The van der Waals surface area contributed by atoms with E-state index in [0.717, 1.165) is 17.0 Å². The molecule has 0 radical (unpaired) electrons. The Balaban J connectivity index is 0. The van der Waals surface area contributed by atoms with Gasteiger partial charge in [-0.1, -0.05) is 34.3 Å². The molecule has 0 N–H and O–H groups in total. The van der Waals surface area contributed by atoms with Gasteiger partial charge in [-0.05, 0) is 25.1 Å². The standard InChI is InChI=1S/C10H12N2.2C2H6/c1-4-10-9(7-11-3)6-5-8(2)12-10;2*1-2/h4-7H,1H2,2-3H3;2*1-2H3. The van der Waals surface area contributed by atoms with E-state index in [9.17, 15) is 0 Å². The van der Waals surface area contributed by atoms with Crippen molar-refractivity contribution in [3.63, 3.8) is 0 Å². The summed E-state index contributed by atoms with van der Waals surface area (Å²) in [7, 11) is 1.74. The number of pyridine rings is 1. The maximum atomic E-state index is 4.30. The molecule has 0 aliphatic carbocycles. The number of aliphatic imine (C=N–C) groups is 1. The van der Waals surface area contributed by atoms with Crippen molar-refractivity contribution in [2.45, 2.75) is 34.6 Å². The van der Waals surface area contributed by atoms with E-state index in [1.165, 1.54) is 0 Å². The molecule has 0 bridgehead atoms. The highest BCUT2D eigenvalue weighted by Gasteiger charge is 1.96. The van der Waals surface area contributed by atoms with Crippen LogP contribution in [-0.4, -0.2) is 18.2 Å². The van der Waals surface area contributed by atoms with Gasteiger partial charge in [-0.25, -0.2) is 0 Å². The second-order valence-corrected chi connectivity index (χ2v) is 2.52. The minimum atomic E-state index is 0.889. The van der Waals surface area contributed by atoms with Crippen LogP contribution in [0.15, 0.2) is 23.7 Å². The number of nitrogens with zero attached hydrogens (tertiary/aromatic N) is 2. The minimum absolute atomic E-state index is 0.889. The second-order valence-electron chi connectivity index (χ2n) is 2.52. The monoisotopic (exact) mass is 220 g/mol. The molecule has 0 aliphatic rings. The van der Waals surface area contributed by atoms with Crippen LogP contribution in [-0.2, 0) is 0 Å². The number of aromatic nitrogens is 1. The molecule has 0 aliphatic heterocycles. The molecule has 16 heavy (non-hydrogen) atoms. The highest BCUT2D eigenvalue weighted by Crippen LogP contribution is 2.06. The topological polar surface area (TPSA) is 25.2 Å². The van der Waals surface area contributed by atoms with Gasteiger partial charge >= 0.3 is 0 Å². The van der Waals surface area contributed by atoms with Crippen LogP contribution in [0.4, 0.5) is 0 Å². The lowest BCUT2D eigenvalue weighted by Gasteiger charge is -1.99. The Bertz CT molecular complexity index is 315. The van der Waals surface area contributed by atoms with Gasteiger partial charge in [0.1, 0.15) is 0 Å². The van der Waals surface area contributed by atoms with Crippen LogP contribution in [0.5, 0.6) is 0 Å². The first-order valence-corrected chi connectivity index (χ1v) is 5.80.